The molecule has 0 amide bonds. The number of aryl methyl sites for hydroxylation is 1. The molecular weight excluding hydrogens is 186 g/mol. The lowest BCUT2D eigenvalue weighted by atomic mass is 10.0. The molecule has 0 radical (unpaired) electrons. The van der Waals surface area contributed by atoms with E-state index in [1.165, 1.54) is 5.56 Å². The van der Waals surface area contributed by atoms with Gasteiger partial charge < -0.3 is 0 Å². The van der Waals surface area contributed by atoms with Crippen molar-refractivity contribution in [2.75, 3.05) is 0 Å². The molecule has 3 nitrogen and oxygen atoms in total. The van der Waals surface area contributed by atoms with E-state index in [1.807, 2.05) is 17.7 Å². The summed E-state index contributed by atoms with van der Waals surface area (Å²) in [6, 6.07) is 8.29. The highest BCUT2D eigenvalue weighted by atomic mass is 15.3. The van der Waals surface area contributed by atoms with Crippen LogP contribution >= 0.6 is 0 Å². The summed E-state index contributed by atoms with van der Waals surface area (Å²) in [6.07, 6.45) is 1.76. The number of aromatic nitrogens is 3. The first kappa shape index (κ1) is 9.90. The quantitative estimate of drug-likeness (QED) is 0.748. The summed E-state index contributed by atoms with van der Waals surface area (Å²) in [5.41, 5.74) is 2.41. The molecule has 0 atom stereocenters. The molecule has 1 aromatic heterocycles. The van der Waals surface area contributed by atoms with Crippen molar-refractivity contribution >= 4 is 0 Å². The molecule has 0 unspecified atom stereocenters. The molecule has 0 fully saturated rings. The Morgan fingerprint density at radius 2 is 1.93 bits per heavy atom. The summed E-state index contributed by atoms with van der Waals surface area (Å²) in [5, 5.41) is 4.33. The minimum absolute atomic E-state index is 0.491. The Balaban J connectivity index is 2.52. The number of para-hydroxylation sites is 1. The third-order valence-electron chi connectivity index (χ3n) is 2.41. The first-order chi connectivity index (χ1) is 7.18. The van der Waals surface area contributed by atoms with Crippen LogP contribution in [0.2, 0.25) is 0 Å². The van der Waals surface area contributed by atoms with Gasteiger partial charge in [-0.2, -0.15) is 5.10 Å². The minimum Gasteiger partial charge on any atom is -0.221 e. The van der Waals surface area contributed by atoms with Crippen molar-refractivity contribution in [3.05, 3.63) is 42.0 Å². The highest BCUT2D eigenvalue weighted by Gasteiger charge is 2.08. The lowest BCUT2D eigenvalue weighted by molar-refractivity contribution is 0.802. The van der Waals surface area contributed by atoms with Gasteiger partial charge in [0.1, 0.15) is 12.2 Å². The lowest BCUT2D eigenvalue weighted by Gasteiger charge is -2.11. The van der Waals surface area contributed by atoms with Crippen molar-refractivity contribution in [2.24, 2.45) is 0 Å². The van der Waals surface area contributed by atoms with E-state index >= 15 is 0 Å². The predicted octanol–water partition coefficient (Wildman–Crippen LogP) is 2.70. The van der Waals surface area contributed by atoms with Crippen molar-refractivity contribution in [3.8, 4) is 5.69 Å². The normalized spacial score (nSPS) is 10.9. The molecule has 78 valence electrons. The van der Waals surface area contributed by atoms with Crippen molar-refractivity contribution in [1.29, 1.82) is 0 Å². The number of hydrogen-bond acceptors (Lipinski definition) is 2. The molecule has 1 aromatic carbocycles. The zero-order valence-corrected chi connectivity index (χ0v) is 9.31. The summed E-state index contributed by atoms with van der Waals surface area (Å²) in [6.45, 7) is 6.26. The molecule has 2 rings (SSSR count). The van der Waals surface area contributed by atoms with E-state index in [-0.39, 0.29) is 0 Å². The highest BCUT2D eigenvalue weighted by molar-refractivity contribution is 5.41. The number of nitrogens with zero attached hydrogens (tertiary/aromatic N) is 3. The third-order valence-corrected chi connectivity index (χ3v) is 2.41. The second kappa shape index (κ2) is 3.85. The molecule has 0 spiro atoms. The maximum atomic E-state index is 4.33. The number of hydrogen-bond donors (Lipinski definition) is 0. The molecule has 1 heterocycles. The van der Waals surface area contributed by atoms with E-state index in [9.17, 15) is 0 Å². The van der Waals surface area contributed by atoms with Crippen LogP contribution in [0.4, 0.5) is 0 Å². The van der Waals surface area contributed by atoms with Gasteiger partial charge in [0, 0.05) is 0 Å². The molecule has 15 heavy (non-hydrogen) atoms. The Morgan fingerprint density at radius 1 is 1.20 bits per heavy atom. The van der Waals surface area contributed by atoms with Crippen LogP contribution in [0.25, 0.3) is 5.69 Å². The fourth-order valence-corrected chi connectivity index (χ4v) is 1.65. The second-order valence-corrected chi connectivity index (χ2v) is 3.95. The molecule has 0 saturated heterocycles. The Morgan fingerprint density at radius 3 is 2.53 bits per heavy atom. The van der Waals surface area contributed by atoms with E-state index in [1.54, 1.807) is 6.33 Å². The standard InChI is InChI=1S/C12H15N3/c1-9(2)11-6-4-5-7-12(11)15-8-13-10(3)14-15/h4-9H,1-3H3. The number of rotatable bonds is 2. The van der Waals surface area contributed by atoms with Crippen LogP contribution in [-0.2, 0) is 0 Å². The molecule has 2 aromatic rings. The molecule has 0 saturated carbocycles. The van der Waals surface area contributed by atoms with Gasteiger partial charge >= 0.3 is 0 Å². The maximum Gasteiger partial charge on any atom is 0.147 e. The minimum atomic E-state index is 0.491. The van der Waals surface area contributed by atoms with Crippen LogP contribution in [0.15, 0.2) is 30.6 Å². The Labute approximate surface area is 89.8 Å². The molecular formula is C12H15N3. The van der Waals surface area contributed by atoms with Crippen molar-refractivity contribution in [2.45, 2.75) is 26.7 Å². The second-order valence-electron chi connectivity index (χ2n) is 3.95. The average Bonchev–Trinajstić information content (AvgIpc) is 2.65. The van der Waals surface area contributed by atoms with E-state index < -0.39 is 0 Å². The van der Waals surface area contributed by atoms with E-state index in [4.69, 9.17) is 0 Å². The van der Waals surface area contributed by atoms with Gasteiger partial charge in [-0.05, 0) is 24.5 Å². The van der Waals surface area contributed by atoms with Gasteiger partial charge in [-0.25, -0.2) is 9.67 Å². The van der Waals surface area contributed by atoms with Crippen molar-refractivity contribution in [3.63, 3.8) is 0 Å². The topological polar surface area (TPSA) is 30.7 Å². The van der Waals surface area contributed by atoms with Gasteiger partial charge in [0.15, 0.2) is 0 Å². The SMILES string of the molecule is Cc1ncn(-c2ccccc2C(C)C)n1. The molecule has 3 heteroatoms. The maximum absolute atomic E-state index is 4.33. The van der Waals surface area contributed by atoms with Gasteiger partial charge in [-0.15, -0.1) is 0 Å². The van der Waals surface area contributed by atoms with Gasteiger partial charge in [-0.3, -0.25) is 0 Å². The summed E-state index contributed by atoms with van der Waals surface area (Å²) >= 11 is 0. The monoisotopic (exact) mass is 201 g/mol. The van der Waals surface area contributed by atoms with E-state index in [0.29, 0.717) is 5.92 Å². The van der Waals surface area contributed by atoms with Gasteiger partial charge in [0.05, 0.1) is 5.69 Å². The Bertz CT molecular complexity index is 457. The fourth-order valence-electron chi connectivity index (χ4n) is 1.65. The molecule has 0 bridgehead atoms. The van der Waals surface area contributed by atoms with Crippen LogP contribution in [0.5, 0.6) is 0 Å². The fraction of sp³-hybridized carbons (Fsp3) is 0.333. The first-order valence-electron chi connectivity index (χ1n) is 5.16. The first-order valence-corrected chi connectivity index (χ1v) is 5.16. The summed E-state index contributed by atoms with van der Waals surface area (Å²) in [7, 11) is 0. The zero-order chi connectivity index (χ0) is 10.8. The van der Waals surface area contributed by atoms with Gasteiger partial charge in [0.2, 0.25) is 0 Å². The Hall–Kier alpha value is -1.64. The summed E-state index contributed by atoms with van der Waals surface area (Å²) < 4.78 is 1.84. The zero-order valence-electron chi connectivity index (χ0n) is 9.31. The van der Waals surface area contributed by atoms with Crippen LogP contribution in [-0.4, -0.2) is 14.8 Å². The Kier molecular flexibility index (Phi) is 2.54. The molecule has 0 N–H and O–H groups in total. The highest BCUT2D eigenvalue weighted by Crippen LogP contribution is 2.21. The summed E-state index contributed by atoms with van der Waals surface area (Å²) in [5.74, 6) is 1.29. The van der Waals surface area contributed by atoms with Gasteiger partial charge in [-0.1, -0.05) is 32.0 Å². The molecule has 0 aliphatic rings. The summed E-state index contributed by atoms with van der Waals surface area (Å²) in [4.78, 5) is 4.15. The molecule has 0 aliphatic carbocycles. The van der Waals surface area contributed by atoms with Gasteiger partial charge in [0.25, 0.3) is 0 Å². The van der Waals surface area contributed by atoms with Crippen LogP contribution in [0.1, 0.15) is 31.2 Å². The molecule has 0 aliphatic heterocycles. The third kappa shape index (κ3) is 1.91. The largest absolute Gasteiger partial charge is 0.221 e. The van der Waals surface area contributed by atoms with Crippen molar-refractivity contribution < 1.29 is 0 Å². The van der Waals surface area contributed by atoms with Crippen LogP contribution in [0, 0.1) is 6.92 Å². The lowest BCUT2D eigenvalue weighted by Crippen LogP contribution is -2.01. The average molecular weight is 201 g/mol. The van der Waals surface area contributed by atoms with E-state index in [0.717, 1.165) is 11.5 Å². The predicted molar refractivity (Wildman–Crippen MR) is 60.2 cm³/mol. The van der Waals surface area contributed by atoms with Crippen LogP contribution < -0.4 is 0 Å². The van der Waals surface area contributed by atoms with Crippen molar-refractivity contribution in [1.82, 2.24) is 14.8 Å². The van der Waals surface area contributed by atoms with E-state index in [2.05, 4.69) is 42.1 Å². The van der Waals surface area contributed by atoms with Crippen LogP contribution in [0.3, 0.4) is 0 Å². The smallest absolute Gasteiger partial charge is 0.147 e. The number of benzene rings is 1.